The number of hydrogen-bond donors (Lipinski definition) is 0. The van der Waals surface area contributed by atoms with E-state index in [1.807, 2.05) is 0 Å². The first-order valence-electron chi connectivity index (χ1n) is 6.85. The van der Waals surface area contributed by atoms with Gasteiger partial charge in [-0.15, -0.1) is 5.47 Å². The molecule has 2 rings (SSSR count). The Hall–Kier alpha value is -0.915. The maximum Gasteiger partial charge on any atom is 0.133 e. The summed E-state index contributed by atoms with van der Waals surface area (Å²) < 4.78 is 5.27. The summed E-state index contributed by atoms with van der Waals surface area (Å²) in [6.45, 7) is 0. The fraction of sp³-hybridized carbons (Fsp3) is 0.600. The quantitative estimate of drug-likeness (QED) is 0.534. The van der Waals surface area contributed by atoms with Crippen molar-refractivity contribution in [2.45, 2.75) is 38.5 Å². The largest absolute Gasteiger partial charge is 0.501 e. The van der Waals surface area contributed by atoms with Gasteiger partial charge in [0.25, 0.3) is 0 Å². The molecule has 0 bridgehead atoms. The van der Waals surface area contributed by atoms with E-state index >= 15 is 0 Å². The Morgan fingerprint density at radius 2 is 1.76 bits per heavy atom. The van der Waals surface area contributed by atoms with Crippen LogP contribution < -0.4 is 0 Å². The maximum absolute atomic E-state index is 5.27. The molecule has 0 radical (unpaired) electrons. The van der Waals surface area contributed by atoms with Gasteiger partial charge < -0.3 is 4.74 Å². The number of allylic oxidation sites excluding steroid dienone is 6. The van der Waals surface area contributed by atoms with Crippen molar-refractivity contribution in [3.8, 4) is 0 Å². The molecule has 0 unspecified atom stereocenters. The molecule has 2 atom stereocenters. The molecule has 0 aliphatic heterocycles. The summed E-state index contributed by atoms with van der Waals surface area (Å²) in [4.78, 5) is 0. The van der Waals surface area contributed by atoms with Gasteiger partial charge in [0.05, 0.1) is 12.9 Å². The zero-order valence-corrected chi connectivity index (χ0v) is 11.1. The third-order valence-electron chi connectivity index (χ3n) is 4.01. The Kier molecular flexibility index (Phi) is 4.53. The first-order valence-corrected chi connectivity index (χ1v) is 6.85. The zero-order chi connectivity index (χ0) is 12.1. The van der Waals surface area contributed by atoms with Crippen LogP contribution in [0, 0.1) is 11.8 Å². The Morgan fingerprint density at radius 1 is 1.12 bits per heavy atom. The molecule has 0 heterocycles. The highest BCUT2D eigenvalue weighted by molar-refractivity contribution is 6.21. The predicted molar refractivity (Wildman–Crippen MR) is 75.5 cm³/mol. The van der Waals surface area contributed by atoms with E-state index in [2.05, 4.69) is 32.2 Å². The minimum absolute atomic E-state index is 0.737. The van der Waals surface area contributed by atoms with Gasteiger partial charge >= 0.3 is 0 Å². The highest BCUT2D eigenvalue weighted by Gasteiger charge is 2.13. The summed E-state index contributed by atoms with van der Waals surface area (Å²) in [7, 11) is 4.02. The molecule has 17 heavy (non-hydrogen) atoms. The van der Waals surface area contributed by atoms with Crippen LogP contribution in [0.5, 0.6) is 0 Å². The lowest BCUT2D eigenvalue weighted by Gasteiger charge is -2.20. The fourth-order valence-corrected chi connectivity index (χ4v) is 2.67. The zero-order valence-electron chi connectivity index (χ0n) is 11.1. The van der Waals surface area contributed by atoms with E-state index in [1.165, 1.54) is 31.4 Å². The molecule has 0 aromatic carbocycles. The van der Waals surface area contributed by atoms with Crippen LogP contribution in [-0.4, -0.2) is 15.0 Å². The van der Waals surface area contributed by atoms with Gasteiger partial charge in [-0.25, -0.2) is 0 Å². The standard InChI is InChI=1S/C15H23BO/c1-17-15-10-6-13(7-11-15)3-2-12-4-8-14(16)9-5-12/h2-3,8,10,12-13H,4-7,9,11,16H2,1H3/b3-2+/t12-,13-/m1/s1. The lowest BCUT2D eigenvalue weighted by Crippen LogP contribution is -2.06. The minimum Gasteiger partial charge on any atom is -0.501 e. The topological polar surface area (TPSA) is 9.23 Å². The van der Waals surface area contributed by atoms with Crippen LogP contribution in [0.15, 0.2) is 35.5 Å². The van der Waals surface area contributed by atoms with Gasteiger partial charge in [-0.1, -0.05) is 18.2 Å². The van der Waals surface area contributed by atoms with Crippen molar-refractivity contribution < 1.29 is 4.74 Å². The van der Waals surface area contributed by atoms with E-state index < -0.39 is 0 Å². The third-order valence-corrected chi connectivity index (χ3v) is 4.01. The molecule has 0 saturated carbocycles. The van der Waals surface area contributed by atoms with Crippen LogP contribution >= 0.6 is 0 Å². The molecular formula is C15H23BO. The molecule has 92 valence electrons. The second-order valence-corrected chi connectivity index (χ2v) is 5.38. The molecule has 0 N–H and O–H groups in total. The van der Waals surface area contributed by atoms with Crippen LogP contribution in [-0.2, 0) is 4.74 Å². The summed E-state index contributed by atoms with van der Waals surface area (Å²) in [5.74, 6) is 2.69. The molecule has 2 heteroatoms. The Balaban J connectivity index is 1.80. The molecule has 0 fully saturated rings. The van der Waals surface area contributed by atoms with Crippen molar-refractivity contribution in [1.29, 1.82) is 0 Å². The van der Waals surface area contributed by atoms with Crippen molar-refractivity contribution in [2.24, 2.45) is 11.8 Å². The highest BCUT2D eigenvalue weighted by Crippen LogP contribution is 2.27. The molecule has 2 aliphatic carbocycles. The van der Waals surface area contributed by atoms with Gasteiger partial charge in [0.2, 0.25) is 0 Å². The minimum atomic E-state index is 0.737. The van der Waals surface area contributed by atoms with Gasteiger partial charge in [-0.05, 0) is 50.0 Å². The number of rotatable bonds is 3. The Bertz CT molecular complexity index is 341. The van der Waals surface area contributed by atoms with E-state index in [0.717, 1.165) is 24.7 Å². The predicted octanol–water partition coefficient (Wildman–Crippen LogP) is 3.19. The molecule has 0 amide bonds. The summed E-state index contributed by atoms with van der Waals surface area (Å²) in [5.41, 5.74) is 1.57. The lowest BCUT2D eigenvalue weighted by atomic mass is 9.80. The summed E-state index contributed by atoms with van der Waals surface area (Å²) >= 11 is 0. The number of ether oxygens (including phenoxy) is 1. The van der Waals surface area contributed by atoms with E-state index in [4.69, 9.17) is 4.74 Å². The van der Waals surface area contributed by atoms with Gasteiger partial charge in [0.1, 0.15) is 7.85 Å². The third kappa shape index (κ3) is 3.80. The van der Waals surface area contributed by atoms with Gasteiger partial charge in [0, 0.05) is 6.42 Å². The summed E-state index contributed by atoms with van der Waals surface area (Å²) in [6.07, 6.45) is 16.9. The molecule has 0 aromatic rings. The average Bonchev–Trinajstić information content (AvgIpc) is 2.39. The first-order chi connectivity index (χ1) is 8.28. The van der Waals surface area contributed by atoms with Crippen LogP contribution in [0.1, 0.15) is 38.5 Å². The van der Waals surface area contributed by atoms with Crippen molar-refractivity contribution >= 4 is 7.85 Å². The van der Waals surface area contributed by atoms with Crippen LogP contribution in [0.3, 0.4) is 0 Å². The van der Waals surface area contributed by atoms with E-state index in [9.17, 15) is 0 Å². The molecule has 0 aromatic heterocycles. The summed E-state index contributed by atoms with van der Waals surface area (Å²) in [5, 5.41) is 0. The van der Waals surface area contributed by atoms with E-state index in [0.29, 0.717) is 0 Å². The molecule has 0 spiro atoms. The van der Waals surface area contributed by atoms with Gasteiger partial charge in [0.15, 0.2) is 0 Å². The second kappa shape index (κ2) is 6.14. The lowest BCUT2D eigenvalue weighted by molar-refractivity contribution is 0.260. The monoisotopic (exact) mass is 230 g/mol. The molecular weight excluding hydrogens is 207 g/mol. The molecule has 1 nitrogen and oxygen atoms in total. The van der Waals surface area contributed by atoms with Gasteiger partial charge in [-0.2, -0.15) is 0 Å². The Labute approximate surface area is 106 Å². The second-order valence-electron chi connectivity index (χ2n) is 5.38. The maximum atomic E-state index is 5.27. The van der Waals surface area contributed by atoms with Crippen molar-refractivity contribution in [3.63, 3.8) is 0 Å². The Morgan fingerprint density at radius 3 is 2.24 bits per heavy atom. The smallest absolute Gasteiger partial charge is 0.133 e. The number of hydrogen-bond acceptors (Lipinski definition) is 1. The average molecular weight is 230 g/mol. The SMILES string of the molecule is BC1=CC[C@@H](/C=C/[C@@H]2CC=C(OC)CC2)CC1. The summed E-state index contributed by atoms with van der Waals surface area (Å²) in [6, 6.07) is 0. The van der Waals surface area contributed by atoms with E-state index in [1.54, 1.807) is 12.6 Å². The first kappa shape index (κ1) is 12.5. The van der Waals surface area contributed by atoms with Crippen molar-refractivity contribution in [2.75, 3.05) is 7.11 Å². The van der Waals surface area contributed by atoms with E-state index in [-0.39, 0.29) is 0 Å². The molecule has 2 aliphatic rings. The van der Waals surface area contributed by atoms with Crippen molar-refractivity contribution in [3.05, 3.63) is 35.5 Å². The van der Waals surface area contributed by atoms with Crippen LogP contribution in [0.4, 0.5) is 0 Å². The molecule has 0 saturated heterocycles. The van der Waals surface area contributed by atoms with Crippen LogP contribution in [0.2, 0.25) is 0 Å². The highest BCUT2D eigenvalue weighted by atomic mass is 16.5. The normalized spacial score (nSPS) is 29.9. The van der Waals surface area contributed by atoms with Crippen molar-refractivity contribution in [1.82, 2.24) is 0 Å². The van der Waals surface area contributed by atoms with Crippen LogP contribution in [0.25, 0.3) is 0 Å². The van der Waals surface area contributed by atoms with Gasteiger partial charge in [-0.3, -0.25) is 0 Å². The number of methoxy groups -OCH3 is 1. The fourth-order valence-electron chi connectivity index (χ4n) is 2.67.